The highest BCUT2D eigenvalue weighted by atomic mass is 79.9. The van der Waals surface area contributed by atoms with Crippen LogP contribution in [0.25, 0.3) is 0 Å². The molecule has 0 aromatic rings. The third-order valence-corrected chi connectivity index (χ3v) is 2.89. The molecule has 0 rings (SSSR count). The van der Waals surface area contributed by atoms with Gasteiger partial charge in [-0.05, 0) is 11.8 Å². The molecule has 1 N–H and O–H groups in total. The van der Waals surface area contributed by atoms with Crippen LogP contribution < -0.4 is 5.32 Å². The van der Waals surface area contributed by atoms with E-state index >= 15 is 0 Å². The Kier molecular flexibility index (Phi) is 5.31. The summed E-state index contributed by atoms with van der Waals surface area (Å²) in [6.45, 7) is 12.3. The average molecular weight is 278 g/mol. The van der Waals surface area contributed by atoms with E-state index in [1.54, 1.807) is 0 Å². The highest BCUT2D eigenvalue weighted by Gasteiger charge is 2.29. The van der Waals surface area contributed by atoms with Gasteiger partial charge in [-0.2, -0.15) is 0 Å². The van der Waals surface area contributed by atoms with Gasteiger partial charge in [-0.25, -0.2) is 0 Å². The predicted octanol–water partition coefficient (Wildman–Crippen LogP) is 3.35. The van der Waals surface area contributed by atoms with E-state index < -0.39 is 0 Å². The summed E-state index contributed by atoms with van der Waals surface area (Å²) in [6, 6.07) is 0.226. The van der Waals surface area contributed by atoms with Crippen LogP contribution in [0, 0.1) is 10.8 Å². The summed E-state index contributed by atoms with van der Waals surface area (Å²) in [5.41, 5.74) is -0.204. The Morgan fingerprint density at radius 3 is 1.93 bits per heavy atom. The fraction of sp³-hybridized carbons (Fsp3) is 0.917. The van der Waals surface area contributed by atoms with E-state index in [1.165, 1.54) is 0 Å². The Labute approximate surface area is 102 Å². The van der Waals surface area contributed by atoms with E-state index in [1.807, 2.05) is 20.8 Å². The minimum absolute atomic E-state index is 0.106. The number of amides is 1. The predicted molar refractivity (Wildman–Crippen MR) is 69.3 cm³/mol. The first-order chi connectivity index (χ1) is 6.59. The third-order valence-electron chi connectivity index (χ3n) is 2.43. The third kappa shape index (κ3) is 5.55. The van der Waals surface area contributed by atoms with Crippen molar-refractivity contribution in [3.63, 3.8) is 0 Å². The van der Waals surface area contributed by atoms with E-state index in [9.17, 15) is 4.79 Å². The molecule has 90 valence electrons. The van der Waals surface area contributed by atoms with Gasteiger partial charge in [0.15, 0.2) is 0 Å². The summed E-state index contributed by atoms with van der Waals surface area (Å²) in [4.78, 5) is 11.9. The van der Waals surface area contributed by atoms with Crippen molar-refractivity contribution in [2.75, 3.05) is 5.33 Å². The summed E-state index contributed by atoms with van der Waals surface area (Å²) < 4.78 is 0. The normalized spacial score (nSPS) is 14.9. The van der Waals surface area contributed by atoms with Crippen LogP contribution in [0.2, 0.25) is 0 Å². The summed E-state index contributed by atoms with van der Waals surface area (Å²) in [7, 11) is 0. The Balaban J connectivity index is 4.50. The lowest BCUT2D eigenvalue weighted by molar-refractivity contribution is -0.130. The lowest BCUT2D eigenvalue weighted by Gasteiger charge is -2.33. The van der Waals surface area contributed by atoms with Crippen molar-refractivity contribution in [2.24, 2.45) is 10.8 Å². The summed E-state index contributed by atoms with van der Waals surface area (Å²) in [6.07, 6.45) is 0.964. The van der Waals surface area contributed by atoms with Crippen LogP contribution in [0.5, 0.6) is 0 Å². The quantitative estimate of drug-likeness (QED) is 0.788. The van der Waals surface area contributed by atoms with Crippen molar-refractivity contribution in [3.8, 4) is 0 Å². The van der Waals surface area contributed by atoms with Gasteiger partial charge in [-0.15, -0.1) is 0 Å². The number of rotatable bonds is 3. The van der Waals surface area contributed by atoms with Gasteiger partial charge in [0.05, 0.1) is 0 Å². The maximum Gasteiger partial charge on any atom is 0.225 e. The maximum atomic E-state index is 11.9. The van der Waals surface area contributed by atoms with Gasteiger partial charge in [-0.1, -0.05) is 57.5 Å². The topological polar surface area (TPSA) is 29.1 Å². The molecule has 0 saturated heterocycles. The second-order valence-electron chi connectivity index (χ2n) is 6.12. The van der Waals surface area contributed by atoms with E-state index in [2.05, 4.69) is 42.0 Å². The molecule has 15 heavy (non-hydrogen) atoms. The van der Waals surface area contributed by atoms with E-state index in [-0.39, 0.29) is 22.8 Å². The van der Waals surface area contributed by atoms with Crippen molar-refractivity contribution in [1.29, 1.82) is 0 Å². The van der Waals surface area contributed by atoms with Gasteiger partial charge in [-0.3, -0.25) is 4.79 Å². The van der Waals surface area contributed by atoms with E-state index in [0.717, 1.165) is 11.8 Å². The fourth-order valence-corrected chi connectivity index (χ4v) is 1.66. The number of nitrogens with one attached hydrogen (secondary N) is 1. The molecule has 0 heterocycles. The zero-order valence-electron chi connectivity index (χ0n) is 10.8. The number of carbonyl (C=O) groups is 1. The van der Waals surface area contributed by atoms with Gasteiger partial charge >= 0.3 is 0 Å². The summed E-state index contributed by atoms with van der Waals surface area (Å²) in [5.74, 6) is 0.128. The van der Waals surface area contributed by atoms with Crippen LogP contribution in [-0.2, 0) is 4.79 Å². The van der Waals surface area contributed by atoms with Crippen LogP contribution in [-0.4, -0.2) is 17.3 Å². The molecular weight excluding hydrogens is 254 g/mol. The molecule has 3 heteroatoms. The number of hydrogen-bond donors (Lipinski definition) is 1. The molecule has 0 aliphatic rings. The summed E-state index contributed by atoms with van der Waals surface area (Å²) in [5, 5.41) is 4.04. The molecule has 0 bridgehead atoms. The molecule has 1 unspecified atom stereocenters. The van der Waals surface area contributed by atoms with Gasteiger partial charge in [0.1, 0.15) is 0 Å². The first-order valence-corrected chi connectivity index (χ1v) is 6.58. The number of alkyl halides is 1. The molecule has 0 saturated carbocycles. The van der Waals surface area contributed by atoms with Crippen molar-refractivity contribution >= 4 is 21.8 Å². The lowest BCUT2D eigenvalue weighted by Crippen LogP contribution is -2.48. The van der Waals surface area contributed by atoms with Crippen molar-refractivity contribution < 1.29 is 4.79 Å². The zero-order chi connectivity index (χ0) is 12.3. The molecule has 0 aliphatic heterocycles. The van der Waals surface area contributed by atoms with Crippen molar-refractivity contribution in [3.05, 3.63) is 0 Å². The summed E-state index contributed by atoms with van der Waals surface area (Å²) >= 11 is 3.43. The molecule has 1 atom stereocenters. The molecule has 0 fully saturated rings. The second-order valence-corrected chi connectivity index (χ2v) is 6.91. The average Bonchev–Trinajstić information content (AvgIpc) is 1.99. The number of hydrogen-bond acceptors (Lipinski definition) is 1. The second kappa shape index (κ2) is 5.33. The standard InChI is InChI=1S/C12H24BrNO/c1-11(2,3)9(7-8-13)14-10(15)12(4,5)6/h9H,7-8H2,1-6H3,(H,14,15). The monoisotopic (exact) mass is 277 g/mol. The minimum Gasteiger partial charge on any atom is -0.352 e. The number of halogens is 1. The molecule has 2 nitrogen and oxygen atoms in total. The fourth-order valence-electron chi connectivity index (χ4n) is 1.21. The highest BCUT2D eigenvalue weighted by Crippen LogP contribution is 2.24. The van der Waals surface area contributed by atoms with Gasteiger partial charge in [0.25, 0.3) is 0 Å². The molecular formula is C12H24BrNO. The van der Waals surface area contributed by atoms with Crippen molar-refractivity contribution in [1.82, 2.24) is 5.32 Å². The van der Waals surface area contributed by atoms with Crippen LogP contribution in [0.4, 0.5) is 0 Å². The van der Waals surface area contributed by atoms with Gasteiger partial charge in [0, 0.05) is 16.8 Å². The largest absolute Gasteiger partial charge is 0.352 e. The van der Waals surface area contributed by atoms with Crippen LogP contribution in [0.3, 0.4) is 0 Å². The Hall–Kier alpha value is -0.0500. The SMILES string of the molecule is CC(C)(C)C(=O)NC(CCBr)C(C)(C)C. The molecule has 1 amide bonds. The molecule has 0 aromatic carbocycles. The van der Waals surface area contributed by atoms with Crippen LogP contribution >= 0.6 is 15.9 Å². The molecule has 0 aliphatic carbocycles. The Morgan fingerprint density at radius 2 is 1.67 bits per heavy atom. The Morgan fingerprint density at radius 1 is 1.20 bits per heavy atom. The first kappa shape index (κ1) is 14.9. The molecule has 0 radical (unpaired) electrons. The zero-order valence-corrected chi connectivity index (χ0v) is 12.4. The maximum absolute atomic E-state index is 11.9. The van der Waals surface area contributed by atoms with Gasteiger partial charge in [0.2, 0.25) is 5.91 Å². The molecule has 0 spiro atoms. The Bertz CT molecular complexity index is 213. The highest BCUT2D eigenvalue weighted by molar-refractivity contribution is 9.09. The van der Waals surface area contributed by atoms with Gasteiger partial charge < -0.3 is 5.32 Å². The minimum atomic E-state index is -0.310. The van der Waals surface area contributed by atoms with Crippen molar-refractivity contribution in [2.45, 2.75) is 54.0 Å². The van der Waals surface area contributed by atoms with Crippen LogP contribution in [0.15, 0.2) is 0 Å². The number of carbonyl (C=O) groups excluding carboxylic acids is 1. The first-order valence-electron chi connectivity index (χ1n) is 5.46. The smallest absolute Gasteiger partial charge is 0.225 e. The van der Waals surface area contributed by atoms with E-state index in [0.29, 0.717) is 0 Å². The lowest BCUT2D eigenvalue weighted by atomic mass is 9.84. The van der Waals surface area contributed by atoms with E-state index in [4.69, 9.17) is 0 Å². The van der Waals surface area contributed by atoms with Crippen LogP contribution in [0.1, 0.15) is 48.0 Å². The molecule has 0 aromatic heterocycles.